The van der Waals surface area contributed by atoms with Crippen LogP contribution in [0.1, 0.15) is 16.8 Å². The molecular formula is C8H6ClNO2. The van der Waals surface area contributed by atoms with Gasteiger partial charge < -0.3 is 4.74 Å². The summed E-state index contributed by atoms with van der Waals surface area (Å²) in [6.45, 7) is 0.437. The van der Waals surface area contributed by atoms with Gasteiger partial charge >= 0.3 is 0 Å². The second kappa shape index (κ2) is 2.75. The molecule has 0 aromatic carbocycles. The first-order chi connectivity index (χ1) is 5.79. The molecule has 0 bridgehead atoms. The highest BCUT2D eigenvalue weighted by molar-refractivity contribution is 6.33. The van der Waals surface area contributed by atoms with E-state index < -0.39 is 0 Å². The Kier molecular flexibility index (Phi) is 1.73. The summed E-state index contributed by atoms with van der Waals surface area (Å²) in [6.07, 6.45) is 1.91. The smallest absolute Gasteiger partial charge is 0.173 e. The average molecular weight is 184 g/mol. The van der Waals surface area contributed by atoms with Crippen LogP contribution in [0.3, 0.4) is 0 Å². The largest absolute Gasteiger partial charge is 0.492 e. The lowest BCUT2D eigenvalue weighted by Gasteiger charge is -2.15. The minimum Gasteiger partial charge on any atom is -0.492 e. The van der Waals surface area contributed by atoms with Gasteiger partial charge in [0.1, 0.15) is 10.9 Å². The Morgan fingerprint density at radius 1 is 1.58 bits per heavy atom. The number of fused-ring (bicyclic) bond motifs is 1. The van der Waals surface area contributed by atoms with Crippen LogP contribution in [0, 0.1) is 0 Å². The van der Waals surface area contributed by atoms with E-state index >= 15 is 0 Å². The number of Topliss-reactive ketones (excluding diaryl/α,β-unsaturated/α-hetero) is 1. The molecule has 2 heterocycles. The number of ketones is 1. The van der Waals surface area contributed by atoms with Gasteiger partial charge in [-0.25, -0.2) is 4.98 Å². The first-order valence-corrected chi connectivity index (χ1v) is 3.97. The quantitative estimate of drug-likeness (QED) is 0.575. The highest BCUT2D eigenvalue weighted by atomic mass is 35.5. The summed E-state index contributed by atoms with van der Waals surface area (Å²) in [5, 5.41) is 0.234. The Morgan fingerprint density at radius 2 is 2.42 bits per heavy atom. The van der Waals surface area contributed by atoms with Crippen molar-refractivity contribution in [3.05, 3.63) is 23.0 Å². The van der Waals surface area contributed by atoms with Gasteiger partial charge in [-0.15, -0.1) is 0 Å². The Labute approximate surface area is 74.3 Å². The normalized spacial score (nSPS) is 15.2. The topological polar surface area (TPSA) is 39.2 Å². The standard InChI is InChI=1S/C8H6ClNO2/c9-8-7-5(11)2-4-12-6(7)1-3-10-8/h1,3H,2,4H2. The first-order valence-electron chi connectivity index (χ1n) is 3.59. The van der Waals surface area contributed by atoms with Crippen LogP contribution in [0.4, 0.5) is 0 Å². The molecule has 1 aliphatic rings. The number of hydrogen-bond donors (Lipinski definition) is 0. The minimum absolute atomic E-state index is 0.00866. The van der Waals surface area contributed by atoms with Crippen molar-refractivity contribution in [2.45, 2.75) is 6.42 Å². The zero-order valence-electron chi connectivity index (χ0n) is 6.21. The van der Waals surface area contributed by atoms with Gasteiger partial charge in [0.2, 0.25) is 0 Å². The second-order valence-electron chi connectivity index (χ2n) is 2.50. The highest BCUT2D eigenvalue weighted by Crippen LogP contribution is 2.28. The fraction of sp³-hybridized carbons (Fsp3) is 0.250. The third-order valence-corrected chi connectivity index (χ3v) is 2.02. The first kappa shape index (κ1) is 7.55. The fourth-order valence-electron chi connectivity index (χ4n) is 1.17. The molecule has 0 atom stereocenters. The van der Waals surface area contributed by atoms with Gasteiger partial charge in [0, 0.05) is 12.6 Å². The molecule has 4 heteroatoms. The number of carbonyl (C=O) groups is 1. The van der Waals surface area contributed by atoms with Crippen LogP contribution >= 0.6 is 11.6 Å². The molecule has 1 aliphatic heterocycles. The molecule has 3 nitrogen and oxygen atoms in total. The molecule has 0 unspecified atom stereocenters. The third-order valence-electron chi connectivity index (χ3n) is 1.73. The van der Waals surface area contributed by atoms with E-state index in [9.17, 15) is 4.79 Å². The van der Waals surface area contributed by atoms with Gasteiger partial charge in [-0.05, 0) is 6.07 Å². The Bertz CT molecular complexity index is 338. The van der Waals surface area contributed by atoms with Gasteiger partial charge in [-0.2, -0.15) is 0 Å². The Morgan fingerprint density at radius 3 is 3.17 bits per heavy atom. The average Bonchev–Trinajstić information content (AvgIpc) is 2.04. The van der Waals surface area contributed by atoms with Crippen LogP contribution in [0.5, 0.6) is 5.75 Å². The predicted octanol–water partition coefficient (Wildman–Crippen LogP) is 1.70. The van der Waals surface area contributed by atoms with E-state index in [1.807, 2.05) is 0 Å². The van der Waals surface area contributed by atoms with Gasteiger partial charge in [0.25, 0.3) is 0 Å². The van der Waals surface area contributed by atoms with Crippen LogP contribution < -0.4 is 4.74 Å². The summed E-state index contributed by atoms with van der Waals surface area (Å²) in [4.78, 5) is 15.1. The molecule has 0 saturated carbocycles. The number of aromatic nitrogens is 1. The van der Waals surface area contributed by atoms with E-state index in [-0.39, 0.29) is 10.9 Å². The maximum Gasteiger partial charge on any atom is 0.173 e. The molecule has 1 aromatic heterocycles. The van der Waals surface area contributed by atoms with Crippen molar-refractivity contribution in [3.8, 4) is 5.75 Å². The van der Waals surface area contributed by atoms with Gasteiger partial charge in [-0.3, -0.25) is 4.79 Å². The molecule has 12 heavy (non-hydrogen) atoms. The van der Waals surface area contributed by atoms with Gasteiger partial charge in [-0.1, -0.05) is 11.6 Å². The maximum absolute atomic E-state index is 11.3. The van der Waals surface area contributed by atoms with Crippen molar-refractivity contribution in [1.82, 2.24) is 4.98 Å². The lowest BCUT2D eigenvalue weighted by atomic mass is 10.1. The second-order valence-corrected chi connectivity index (χ2v) is 2.85. The van der Waals surface area contributed by atoms with Crippen LogP contribution in [-0.2, 0) is 0 Å². The molecule has 0 N–H and O–H groups in total. The van der Waals surface area contributed by atoms with Gasteiger partial charge in [0.05, 0.1) is 12.2 Å². The minimum atomic E-state index is 0.00866. The van der Waals surface area contributed by atoms with E-state index in [1.165, 1.54) is 6.20 Å². The molecular weight excluding hydrogens is 178 g/mol. The summed E-state index contributed by atoms with van der Waals surface area (Å²) >= 11 is 5.73. The SMILES string of the molecule is O=C1CCOc2ccnc(Cl)c21. The summed E-state index contributed by atoms with van der Waals surface area (Å²) in [5.74, 6) is 0.556. The lowest BCUT2D eigenvalue weighted by Crippen LogP contribution is -2.16. The Hall–Kier alpha value is -1.09. The number of halogens is 1. The number of carbonyl (C=O) groups excluding carboxylic acids is 1. The molecule has 0 radical (unpaired) electrons. The molecule has 2 rings (SSSR count). The van der Waals surface area contributed by atoms with E-state index in [2.05, 4.69) is 4.98 Å². The van der Waals surface area contributed by atoms with Crippen LogP contribution in [0.25, 0.3) is 0 Å². The number of pyridine rings is 1. The zero-order chi connectivity index (χ0) is 8.55. The number of rotatable bonds is 0. The molecule has 62 valence electrons. The van der Waals surface area contributed by atoms with E-state index in [0.29, 0.717) is 24.3 Å². The predicted molar refractivity (Wildman–Crippen MR) is 43.7 cm³/mol. The van der Waals surface area contributed by atoms with Crippen molar-refractivity contribution in [3.63, 3.8) is 0 Å². The van der Waals surface area contributed by atoms with Crippen LogP contribution in [0.15, 0.2) is 12.3 Å². The highest BCUT2D eigenvalue weighted by Gasteiger charge is 2.21. The molecule has 0 spiro atoms. The molecule has 0 aliphatic carbocycles. The molecule has 0 amide bonds. The van der Waals surface area contributed by atoms with Crippen molar-refractivity contribution >= 4 is 17.4 Å². The summed E-state index contributed by atoms with van der Waals surface area (Å²) in [7, 11) is 0. The monoisotopic (exact) mass is 183 g/mol. The van der Waals surface area contributed by atoms with Crippen molar-refractivity contribution in [1.29, 1.82) is 0 Å². The van der Waals surface area contributed by atoms with Crippen LogP contribution in [-0.4, -0.2) is 17.4 Å². The summed E-state index contributed by atoms with van der Waals surface area (Å²) < 4.78 is 5.23. The van der Waals surface area contributed by atoms with E-state index in [1.54, 1.807) is 6.07 Å². The maximum atomic E-state index is 11.3. The van der Waals surface area contributed by atoms with Crippen molar-refractivity contribution < 1.29 is 9.53 Å². The van der Waals surface area contributed by atoms with E-state index in [4.69, 9.17) is 16.3 Å². The lowest BCUT2D eigenvalue weighted by molar-refractivity contribution is 0.0933. The van der Waals surface area contributed by atoms with Gasteiger partial charge in [0.15, 0.2) is 5.78 Å². The number of nitrogens with zero attached hydrogens (tertiary/aromatic N) is 1. The molecule has 1 aromatic rings. The summed E-state index contributed by atoms with van der Waals surface area (Å²) in [6, 6.07) is 1.65. The molecule has 0 fully saturated rings. The van der Waals surface area contributed by atoms with Crippen molar-refractivity contribution in [2.24, 2.45) is 0 Å². The number of hydrogen-bond acceptors (Lipinski definition) is 3. The summed E-state index contributed by atoms with van der Waals surface area (Å²) in [5.41, 5.74) is 0.422. The van der Waals surface area contributed by atoms with Crippen molar-refractivity contribution in [2.75, 3.05) is 6.61 Å². The van der Waals surface area contributed by atoms with E-state index in [0.717, 1.165) is 0 Å². The Balaban J connectivity index is 2.60. The molecule has 0 saturated heterocycles. The fourth-order valence-corrected chi connectivity index (χ4v) is 1.43. The van der Waals surface area contributed by atoms with Crippen LogP contribution in [0.2, 0.25) is 5.15 Å². The third kappa shape index (κ3) is 1.06. The zero-order valence-corrected chi connectivity index (χ0v) is 6.97. The number of ether oxygens (including phenoxy) is 1.